The monoisotopic (exact) mass is 163 g/mol. The first-order chi connectivity index (χ1) is 5.90. The fourth-order valence-corrected chi connectivity index (χ4v) is 2.15. The van der Waals surface area contributed by atoms with Gasteiger partial charge >= 0.3 is 0 Å². The number of hydrogen-bond donors (Lipinski definition) is 0. The Morgan fingerprint density at radius 2 is 2.33 bits per heavy atom. The summed E-state index contributed by atoms with van der Waals surface area (Å²) < 4.78 is 0. The Bertz CT molecular complexity index is 225. The molecule has 1 aliphatic heterocycles. The van der Waals surface area contributed by atoms with Gasteiger partial charge in [0.15, 0.2) is 0 Å². The molecule has 0 spiro atoms. The lowest BCUT2D eigenvalue weighted by Crippen LogP contribution is -2.21. The molecule has 1 nitrogen and oxygen atoms in total. The van der Waals surface area contributed by atoms with Crippen molar-refractivity contribution in [1.29, 1.82) is 0 Å². The second kappa shape index (κ2) is 3.44. The van der Waals surface area contributed by atoms with Crippen LogP contribution in [-0.2, 0) is 0 Å². The molecule has 12 heavy (non-hydrogen) atoms. The normalized spacial score (nSPS) is 23.4. The van der Waals surface area contributed by atoms with E-state index in [4.69, 9.17) is 0 Å². The second-order valence-corrected chi connectivity index (χ2v) is 3.78. The molecule has 1 heterocycles. The van der Waals surface area contributed by atoms with Crippen molar-refractivity contribution in [3.8, 4) is 0 Å². The fraction of sp³-hybridized carbons (Fsp3) is 0.636. The maximum Gasteiger partial charge on any atom is 0.0237 e. The Hall–Kier alpha value is -0.560. The van der Waals surface area contributed by atoms with E-state index < -0.39 is 0 Å². The molecule has 0 radical (unpaired) electrons. The fourth-order valence-electron chi connectivity index (χ4n) is 2.15. The molecule has 66 valence electrons. The first-order valence-corrected chi connectivity index (χ1v) is 5.00. The molecule has 0 unspecified atom stereocenters. The Morgan fingerprint density at radius 1 is 1.42 bits per heavy atom. The average molecular weight is 163 g/mol. The van der Waals surface area contributed by atoms with Gasteiger partial charge in [-0.2, -0.15) is 0 Å². The second-order valence-electron chi connectivity index (χ2n) is 3.78. The van der Waals surface area contributed by atoms with Crippen molar-refractivity contribution in [3.05, 3.63) is 23.3 Å². The van der Waals surface area contributed by atoms with Gasteiger partial charge < -0.3 is 0 Å². The molecule has 0 N–H and O–H groups in total. The van der Waals surface area contributed by atoms with E-state index in [1.54, 1.807) is 11.1 Å². The molecule has 1 heteroatoms. The van der Waals surface area contributed by atoms with Crippen LogP contribution in [0.15, 0.2) is 23.3 Å². The van der Waals surface area contributed by atoms with E-state index in [1.165, 1.54) is 38.9 Å². The van der Waals surface area contributed by atoms with E-state index >= 15 is 0 Å². The van der Waals surface area contributed by atoms with Gasteiger partial charge in [0, 0.05) is 13.1 Å². The highest BCUT2D eigenvalue weighted by Gasteiger charge is 2.20. The van der Waals surface area contributed by atoms with Crippen LogP contribution in [0.1, 0.15) is 26.2 Å². The van der Waals surface area contributed by atoms with Crippen LogP contribution in [0.5, 0.6) is 0 Å². The highest BCUT2D eigenvalue weighted by Crippen LogP contribution is 2.26. The van der Waals surface area contributed by atoms with Gasteiger partial charge in [-0.25, -0.2) is 0 Å². The summed E-state index contributed by atoms with van der Waals surface area (Å²) in [4.78, 5) is 2.56. The van der Waals surface area contributed by atoms with Crippen LogP contribution >= 0.6 is 0 Å². The molecule has 0 aromatic heterocycles. The van der Waals surface area contributed by atoms with Crippen molar-refractivity contribution >= 4 is 0 Å². The van der Waals surface area contributed by atoms with Crippen molar-refractivity contribution in [2.75, 3.05) is 19.6 Å². The summed E-state index contributed by atoms with van der Waals surface area (Å²) >= 11 is 0. The van der Waals surface area contributed by atoms with Crippen molar-refractivity contribution in [2.24, 2.45) is 0 Å². The highest BCUT2D eigenvalue weighted by atomic mass is 15.1. The van der Waals surface area contributed by atoms with Crippen LogP contribution in [0.2, 0.25) is 0 Å². The van der Waals surface area contributed by atoms with Crippen molar-refractivity contribution < 1.29 is 0 Å². The Balaban J connectivity index is 1.98. The maximum atomic E-state index is 2.56. The summed E-state index contributed by atoms with van der Waals surface area (Å²) in [6, 6.07) is 0. The summed E-state index contributed by atoms with van der Waals surface area (Å²) in [6.07, 6.45) is 8.50. The molecular formula is C11H17N. The molecule has 0 amide bonds. The molecule has 0 aromatic carbocycles. The predicted octanol–water partition coefficient (Wildman–Crippen LogP) is 2.36. The number of rotatable bonds is 2. The molecule has 2 aliphatic rings. The molecule has 0 aromatic rings. The van der Waals surface area contributed by atoms with E-state index in [1.807, 2.05) is 0 Å². The van der Waals surface area contributed by atoms with Gasteiger partial charge in [0.05, 0.1) is 0 Å². The first-order valence-electron chi connectivity index (χ1n) is 5.00. The third-order valence-electron chi connectivity index (χ3n) is 2.73. The predicted molar refractivity (Wildman–Crippen MR) is 52.1 cm³/mol. The Labute approximate surface area is 74.8 Å². The summed E-state index contributed by atoms with van der Waals surface area (Å²) in [7, 11) is 0. The zero-order chi connectivity index (χ0) is 8.39. The van der Waals surface area contributed by atoms with Gasteiger partial charge in [0.2, 0.25) is 0 Å². The zero-order valence-corrected chi connectivity index (χ0v) is 7.84. The van der Waals surface area contributed by atoms with Gasteiger partial charge in [-0.3, -0.25) is 4.90 Å². The third kappa shape index (κ3) is 1.46. The van der Waals surface area contributed by atoms with E-state index in [0.717, 1.165) is 0 Å². The topological polar surface area (TPSA) is 3.24 Å². The molecule has 0 fully saturated rings. The number of allylic oxidation sites excluding steroid dienone is 1. The minimum atomic E-state index is 1.21. The number of nitrogens with zero attached hydrogens (tertiary/aromatic N) is 1. The van der Waals surface area contributed by atoms with Crippen LogP contribution in [0.25, 0.3) is 0 Å². The SMILES string of the molecule is CCCN1CC2=C(CCC=C2)C1. The van der Waals surface area contributed by atoms with E-state index in [0.29, 0.717) is 0 Å². The van der Waals surface area contributed by atoms with Gasteiger partial charge in [0.1, 0.15) is 0 Å². The third-order valence-corrected chi connectivity index (χ3v) is 2.73. The smallest absolute Gasteiger partial charge is 0.0237 e. The van der Waals surface area contributed by atoms with Gasteiger partial charge in [-0.15, -0.1) is 0 Å². The highest BCUT2D eigenvalue weighted by molar-refractivity contribution is 5.35. The lowest BCUT2D eigenvalue weighted by molar-refractivity contribution is 0.345. The van der Waals surface area contributed by atoms with E-state index in [9.17, 15) is 0 Å². The minimum Gasteiger partial charge on any atom is -0.295 e. The quantitative estimate of drug-likeness (QED) is 0.604. The van der Waals surface area contributed by atoms with Crippen molar-refractivity contribution in [3.63, 3.8) is 0 Å². The number of hydrogen-bond acceptors (Lipinski definition) is 1. The van der Waals surface area contributed by atoms with Crippen LogP contribution < -0.4 is 0 Å². The Morgan fingerprint density at radius 3 is 3.08 bits per heavy atom. The van der Waals surface area contributed by atoms with Gasteiger partial charge in [0.25, 0.3) is 0 Å². The van der Waals surface area contributed by atoms with Gasteiger partial charge in [-0.1, -0.05) is 24.6 Å². The molecular weight excluding hydrogens is 146 g/mol. The first kappa shape index (κ1) is 8.06. The van der Waals surface area contributed by atoms with E-state index in [2.05, 4.69) is 24.0 Å². The van der Waals surface area contributed by atoms with Crippen LogP contribution in [0, 0.1) is 0 Å². The van der Waals surface area contributed by atoms with E-state index in [-0.39, 0.29) is 0 Å². The largest absolute Gasteiger partial charge is 0.295 e. The summed E-state index contributed by atoms with van der Waals surface area (Å²) in [5.74, 6) is 0. The maximum absolute atomic E-state index is 2.56. The molecule has 0 saturated heterocycles. The molecule has 0 atom stereocenters. The summed E-state index contributed by atoms with van der Waals surface area (Å²) in [6.45, 7) is 5.97. The van der Waals surface area contributed by atoms with Crippen LogP contribution in [-0.4, -0.2) is 24.5 Å². The lowest BCUT2D eigenvalue weighted by Gasteiger charge is -2.13. The van der Waals surface area contributed by atoms with Crippen LogP contribution in [0.4, 0.5) is 0 Å². The van der Waals surface area contributed by atoms with Crippen molar-refractivity contribution in [2.45, 2.75) is 26.2 Å². The molecule has 1 aliphatic carbocycles. The minimum absolute atomic E-state index is 1.21. The van der Waals surface area contributed by atoms with Gasteiger partial charge in [-0.05, 0) is 31.4 Å². The standard InChI is InChI=1S/C11H17N/c1-2-7-12-8-10-5-3-4-6-11(10)9-12/h3,5H,2,4,6-9H2,1H3. The lowest BCUT2D eigenvalue weighted by atomic mass is 10.0. The molecule has 2 rings (SSSR count). The van der Waals surface area contributed by atoms with Crippen molar-refractivity contribution in [1.82, 2.24) is 4.90 Å². The molecule has 0 saturated carbocycles. The summed E-state index contributed by atoms with van der Waals surface area (Å²) in [5.41, 5.74) is 3.31. The average Bonchev–Trinajstić information content (AvgIpc) is 2.47. The Kier molecular flexibility index (Phi) is 2.31. The van der Waals surface area contributed by atoms with Crippen LogP contribution in [0.3, 0.4) is 0 Å². The molecule has 0 bridgehead atoms. The summed E-state index contributed by atoms with van der Waals surface area (Å²) in [5, 5.41) is 0. The zero-order valence-electron chi connectivity index (χ0n) is 7.84.